The molecule has 30 heavy (non-hydrogen) atoms. The number of nitrogens with zero attached hydrogens (tertiary/aromatic N) is 3. The molecule has 1 aliphatic rings. The van der Waals surface area contributed by atoms with E-state index in [0.717, 1.165) is 23.3 Å². The Morgan fingerprint density at radius 2 is 1.70 bits per heavy atom. The van der Waals surface area contributed by atoms with Crippen molar-refractivity contribution in [3.05, 3.63) is 69.6 Å². The van der Waals surface area contributed by atoms with E-state index in [4.69, 9.17) is 9.47 Å². The molecular weight excluding hydrogens is 392 g/mol. The minimum atomic E-state index is -0.798. The number of halogens is 2. The van der Waals surface area contributed by atoms with Crippen LogP contribution in [-0.2, 0) is 13.6 Å². The van der Waals surface area contributed by atoms with Crippen LogP contribution in [0.2, 0.25) is 0 Å². The van der Waals surface area contributed by atoms with Gasteiger partial charge < -0.3 is 9.47 Å². The van der Waals surface area contributed by atoms with Crippen molar-refractivity contribution in [3.8, 4) is 22.8 Å². The Bertz CT molecular complexity index is 1260. The quantitative estimate of drug-likeness (QED) is 0.661. The first-order valence-electron chi connectivity index (χ1n) is 9.41. The number of para-hydroxylation sites is 1. The van der Waals surface area contributed by atoms with Crippen molar-refractivity contribution >= 4 is 5.69 Å². The highest BCUT2D eigenvalue weighted by atomic mass is 19.1. The predicted octanol–water partition coefficient (Wildman–Crippen LogP) is 3.50. The number of methoxy groups -OCH3 is 2. The van der Waals surface area contributed by atoms with Crippen molar-refractivity contribution in [2.75, 3.05) is 14.2 Å². The molecule has 1 unspecified atom stereocenters. The molecule has 0 aliphatic carbocycles. The Morgan fingerprint density at radius 3 is 2.33 bits per heavy atom. The average Bonchev–Trinajstić information content (AvgIpc) is 2.74. The fourth-order valence-corrected chi connectivity index (χ4v) is 3.79. The minimum absolute atomic E-state index is 0.0526. The van der Waals surface area contributed by atoms with Gasteiger partial charge in [0.1, 0.15) is 11.2 Å². The summed E-state index contributed by atoms with van der Waals surface area (Å²) in [7, 11) is 4.63. The van der Waals surface area contributed by atoms with Gasteiger partial charge in [-0.05, 0) is 29.8 Å². The molecule has 0 fully saturated rings. The molecular formula is C22H21F2N3O3. The zero-order valence-electron chi connectivity index (χ0n) is 17.1. The van der Waals surface area contributed by atoms with Gasteiger partial charge in [0.2, 0.25) is 0 Å². The molecule has 0 saturated carbocycles. The second-order valence-electron chi connectivity index (χ2n) is 7.22. The van der Waals surface area contributed by atoms with Gasteiger partial charge in [-0.3, -0.25) is 9.13 Å². The molecule has 0 spiro atoms. The third-order valence-corrected chi connectivity index (χ3v) is 5.40. The van der Waals surface area contributed by atoms with Gasteiger partial charge >= 0.3 is 5.69 Å². The number of aromatic nitrogens is 2. The fourth-order valence-electron chi connectivity index (χ4n) is 3.79. The van der Waals surface area contributed by atoms with Gasteiger partial charge in [0.25, 0.3) is 0 Å². The Balaban J connectivity index is 2.03. The number of hydrogen-bond donors (Lipinski definition) is 0. The number of hydrogen-bond acceptors (Lipinski definition) is 4. The first-order chi connectivity index (χ1) is 14.3. The van der Waals surface area contributed by atoms with Gasteiger partial charge in [-0.2, -0.15) is 0 Å². The number of ether oxygens (including phenoxy) is 2. The average molecular weight is 413 g/mol. The van der Waals surface area contributed by atoms with Crippen molar-refractivity contribution in [1.29, 1.82) is 0 Å². The summed E-state index contributed by atoms with van der Waals surface area (Å²) < 4.78 is 42.0. The lowest BCUT2D eigenvalue weighted by molar-refractivity contribution is 0.354. The molecule has 2 aromatic carbocycles. The summed E-state index contributed by atoms with van der Waals surface area (Å²) in [5, 5.41) is 0. The topological polar surface area (TPSA) is 57.8 Å². The molecule has 2 heterocycles. The Kier molecular flexibility index (Phi) is 4.93. The van der Waals surface area contributed by atoms with Crippen LogP contribution in [0.15, 0.2) is 46.2 Å². The normalized spacial score (nSPS) is 15.5. The largest absolute Gasteiger partial charge is 0.493 e. The van der Waals surface area contributed by atoms with Crippen molar-refractivity contribution in [2.45, 2.75) is 19.4 Å². The highest BCUT2D eigenvalue weighted by molar-refractivity contribution is 5.71. The lowest BCUT2D eigenvalue weighted by atomic mass is 9.89. The summed E-state index contributed by atoms with van der Waals surface area (Å²) in [5.74, 6) is -0.423. The van der Waals surface area contributed by atoms with E-state index in [2.05, 4.69) is 4.99 Å². The molecule has 8 heteroatoms. The van der Waals surface area contributed by atoms with E-state index in [1.54, 1.807) is 17.7 Å². The molecule has 0 saturated heterocycles. The van der Waals surface area contributed by atoms with Crippen LogP contribution in [0.5, 0.6) is 11.5 Å². The Morgan fingerprint density at radius 1 is 1.07 bits per heavy atom. The SMILES string of the molecule is COc1cc2c(cc1OC)C(C)Cn1c-2cc(=Nc2c(F)cccc2F)n(C)c1=O. The van der Waals surface area contributed by atoms with E-state index in [9.17, 15) is 13.6 Å². The minimum Gasteiger partial charge on any atom is -0.493 e. The molecule has 1 aliphatic heterocycles. The highest BCUT2D eigenvalue weighted by Crippen LogP contribution is 2.41. The number of benzene rings is 2. The van der Waals surface area contributed by atoms with Gasteiger partial charge in [0.15, 0.2) is 23.1 Å². The van der Waals surface area contributed by atoms with Crippen LogP contribution in [0.25, 0.3) is 11.3 Å². The molecule has 3 aromatic rings. The molecule has 156 valence electrons. The van der Waals surface area contributed by atoms with Gasteiger partial charge in [0, 0.05) is 31.1 Å². The van der Waals surface area contributed by atoms with Crippen LogP contribution >= 0.6 is 0 Å². The Labute approximate surface area is 171 Å². The van der Waals surface area contributed by atoms with Crippen molar-refractivity contribution in [3.63, 3.8) is 0 Å². The zero-order valence-corrected chi connectivity index (χ0v) is 17.1. The molecule has 0 bridgehead atoms. The van der Waals surface area contributed by atoms with Gasteiger partial charge in [0.05, 0.1) is 19.9 Å². The van der Waals surface area contributed by atoms with Gasteiger partial charge in [-0.15, -0.1) is 0 Å². The van der Waals surface area contributed by atoms with E-state index < -0.39 is 17.3 Å². The summed E-state index contributed by atoms with van der Waals surface area (Å²) >= 11 is 0. The molecule has 1 aromatic heterocycles. The lowest BCUT2D eigenvalue weighted by Gasteiger charge is -2.28. The standard InChI is InChI=1S/C22H21F2N3O3/c1-12-11-27-17(14-9-19(30-4)18(29-3)8-13(12)14)10-20(26(2)22(27)28)25-21-15(23)6-5-7-16(21)24/h5-10,12H,11H2,1-4H3. The maximum Gasteiger partial charge on any atom is 0.329 e. The first kappa shape index (κ1) is 19.9. The Hall–Kier alpha value is -3.42. The fraction of sp³-hybridized carbons (Fsp3) is 0.273. The van der Waals surface area contributed by atoms with Crippen LogP contribution in [0, 0.1) is 11.6 Å². The predicted molar refractivity (Wildman–Crippen MR) is 108 cm³/mol. The number of rotatable bonds is 3. The van der Waals surface area contributed by atoms with Crippen LogP contribution in [0.4, 0.5) is 14.5 Å². The summed E-state index contributed by atoms with van der Waals surface area (Å²) in [5.41, 5.74) is 1.76. The third-order valence-electron chi connectivity index (χ3n) is 5.40. The monoisotopic (exact) mass is 413 g/mol. The van der Waals surface area contributed by atoms with Crippen molar-refractivity contribution < 1.29 is 18.3 Å². The van der Waals surface area contributed by atoms with Crippen LogP contribution < -0.4 is 20.7 Å². The lowest BCUT2D eigenvalue weighted by Crippen LogP contribution is -2.41. The maximum atomic E-state index is 14.1. The second-order valence-corrected chi connectivity index (χ2v) is 7.22. The molecule has 0 radical (unpaired) electrons. The molecule has 0 amide bonds. The molecule has 0 N–H and O–H groups in total. The smallest absolute Gasteiger partial charge is 0.329 e. The van der Waals surface area contributed by atoms with Crippen LogP contribution in [-0.4, -0.2) is 23.4 Å². The molecule has 1 atom stereocenters. The van der Waals surface area contributed by atoms with E-state index in [0.29, 0.717) is 23.7 Å². The van der Waals surface area contributed by atoms with E-state index in [-0.39, 0.29) is 17.1 Å². The second kappa shape index (κ2) is 7.44. The van der Waals surface area contributed by atoms with E-state index >= 15 is 0 Å². The summed E-state index contributed by atoms with van der Waals surface area (Å²) in [4.78, 5) is 17.2. The van der Waals surface area contributed by atoms with Crippen molar-refractivity contribution in [1.82, 2.24) is 9.13 Å². The van der Waals surface area contributed by atoms with Crippen LogP contribution in [0.3, 0.4) is 0 Å². The number of fused-ring (bicyclic) bond motifs is 3. The maximum absolute atomic E-state index is 14.1. The molecule has 6 nitrogen and oxygen atoms in total. The van der Waals surface area contributed by atoms with Gasteiger partial charge in [-0.1, -0.05) is 13.0 Å². The summed E-state index contributed by atoms with van der Waals surface area (Å²) in [6.07, 6.45) is 0. The van der Waals surface area contributed by atoms with Gasteiger partial charge in [-0.25, -0.2) is 18.6 Å². The zero-order chi connectivity index (χ0) is 21.6. The van der Waals surface area contributed by atoms with E-state index in [1.807, 2.05) is 19.1 Å². The molecule has 4 rings (SSSR count). The summed E-state index contributed by atoms with van der Waals surface area (Å²) in [6, 6.07) is 8.88. The summed E-state index contributed by atoms with van der Waals surface area (Å²) in [6.45, 7) is 2.48. The third kappa shape index (κ3) is 3.08. The van der Waals surface area contributed by atoms with E-state index in [1.165, 1.54) is 24.8 Å². The first-order valence-corrected chi connectivity index (χ1v) is 9.41. The van der Waals surface area contributed by atoms with Crippen molar-refractivity contribution in [2.24, 2.45) is 12.0 Å². The highest BCUT2D eigenvalue weighted by Gasteiger charge is 2.26. The van der Waals surface area contributed by atoms with Crippen LogP contribution in [0.1, 0.15) is 18.4 Å².